The lowest BCUT2D eigenvalue weighted by molar-refractivity contribution is 0.0472. The third-order valence-electron chi connectivity index (χ3n) is 5.55. The van der Waals surface area contributed by atoms with Crippen molar-refractivity contribution in [3.05, 3.63) is 105 Å². The Bertz CT molecular complexity index is 1430. The van der Waals surface area contributed by atoms with Crippen LogP contribution in [-0.2, 0) is 11.3 Å². The second kappa shape index (κ2) is 8.26. The fourth-order valence-corrected chi connectivity index (χ4v) is 4.19. The molecule has 2 amide bonds. The molecule has 4 aromatic rings. The van der Waals surface area contributed by atoms with E-state index in [2.05, 4.69) is 20.9 Å². The highest BCUT2D eigenvalue weighted by Gasteiger charge is 2.40. The maximum absolute atomic E-state index is 13.3. The number of fused-ring (bicyclic) bond motifs is 3. The van der Waals surface area contributed by atoms with Gasteiger partial charge in [-0.3, -0.25) is 14.6 Å². The van der Waals surface area contributed by atoms with Crippen molar-refractivity contribution in [1.82, 2.24) is 4.98 Å². The quantitative estimate of drug-likeness (QED) is 0.274. The molecule has 0 bridgehead atoms. The third kappa shape index (κ3) is 3.70. The Kier molecular flexibility index (Phi) is 5.26. The molecule has 0 spiro atoms. The van der Waals surface area contributed by atoms with Gasteiger partial charge in [0.25, 0.3) is 11.8 Å². The predicted molar refractivity (Wildman–Crippen MR) is 127 cm³/mol. The normalized spacial score (nSPS) is 12.8. The number of rotatable bonds is 4. The summed E-state index contributed by atoms with van der Waals surface area (Å²) in [7, 11) is 0. The molecule has 1 aromatic heterocycles. The number of hydrogen-bond donors (Lipinski definition) is 0. The smallest absolute Gasteiger partial charge is 0.338 e. The maximum atomic E-state index is 13.3. The number of hydrogen-bond acceptors (Lipinski definition) is 5. The minimum atomic E-state index is -0.488. The van der Waals surface area contributed by atoms with Crippen LogP contribution in [0.5, 0.6) is 0 Å². The summed E-state index contributed by atoms with van der Waals surface area (Å²) in [6.07, 6.45) is 0. The van der Waals surface area contributed by atoms with Crippen molar-refractivity contribution in [1.29, 1.82) is 0 Å². The van der Waals surface area contributed by atoms with Gasteiger partial charge in [0.2, 0.25) is 0 Å². The minimum Gasteiger partial charge on any atom is -0.457 e. The standard InChI is InChI=1S/C26H17BrN2O4/c1-15-22-23(20-4-2-3-5-21(20)28-15)25(31)29(24(22)30)19-12-8-17(9-13-19)26(32)33-14-16-6-10-18(27)11-7-16/h2-13H,14H2,1H3. The Hall–Kier alpha value is -3.84. The first-order valence-corrected chi connectivity index (χ1v) is 11.0. The average molecular weight is 501 g/mol. The highest BCUT2D eigenvalue weighted by atomic mass is 79.9. The number of pyridine rings is 1. The van der Waals surface area contributed by atoms with Crippen molar-refractivity contribution in [2.75, 3.05) is 4.90 Å². The topological polar surface area (TPSA) is 76.6 Å². The van der Waals surface area contributed by atoms with Gasteiger partial charge in [-0.15, -0.1) is 0 Å². The first kappa shape index (κ1) is 21.0. The first-order valence-electron chi connectivity index (χ1n) is 10.2. The van der Waals surface area contributed by atoms with E-state index in [1.807, 2.05) is 42.5 Å². The van der Waals surface area contributed by atoms with Crippen LogP contribution in [0.3, 0.4) is 0 Å². The van der Waals surface area contributed by atoms with Crippen LogP contribution in [-0.4, -0.2) is 22.8 Å². The van der Waals surface area contributed by atoms with Gasteiger partial charge in [-0.25, -0.2) is 9.69 Å². The van der Waals surface area contributed by atoms with Crippen molar-refractivity contribution in [3.63, 3.8) is 0 Å². The molecule has 0 saturated heterocycles. The van der Waals surface area contributed by atoms with E-state index in [0.29, 0.717) is 39.0 Å². The number of carbonyl (C=O) groups is 3. The third-order valence-corrected chi connectivity index (χ3v) is 6.08. The number of carbonyl (C=O) groups excluding carboxylic acids is 3. The summed E-state index contributed by atoms with van der Waals surface area (Å²) in [6, 6.07) is 21.0. The molecule has 0 radical (unpaired) electrons. The summed E-state index contributed by atoms with van der Waals surface area (Å²) >= 11 is 3.37. The molecule has 5 rings (SSSR count). The molecule has 0 N–H and O–H groups in total. The van der Waals surface area contributed by atoms with Crippen LogP contribution in [0, 0.1) is 6.92 Å². The zero-order valence-corrected chi connectivity index (χ0v) is 19.1. The van der Waals surface area contributed by atoms with Gasteiger partial charge in [0.1, 0.15) is 6.61 Å². The van der Waals surface area contributed by atoms with Crippen molar-refractivity contribution < 1.29 is 19.1 Å². The van der Waals surface area contributed by atoms with Gasteiger partial charge in [0.15, 0.2) is 0 Å². The SMILES string of the molecule is Cc1nc2ccccc2c2c1C(=O)N(c1ccc(C(=O)OCc3ccc(Br)cc3)cc1)C2=O. The summed E-state index contributed by atoms with van der Waals surface area (Å²) in [5.74, 6) is -1.31. The summed E-state index contributed by atoms with van der Waals surface area (Å²) in [6.45, 7) is 1.87. The van der Waals surface area contributed by atoms with Gasteiger partial charge in [-0.1, -0.05) is 46.3 Å². The molecular formula is C26H17BrN2O4. The zero-order chi connectivity index (χ0) is 23.1. The average Bonchev–Trinajstić information content (AvgIpc) is 3.09. The molecule has 0 unspecified atom stereocenters. The monoisotopic (exact) mass is 500 g/mol. The van der Waals surface area contributed by atoms with E-state index in [1.54, 1.807) is 37.3 Å². The lowest BCUT2D eigenvalue weighted by Gasteiger charge is -2.14. The molecule has 6 nitrogen and oxygen atoms in total. The van der Waals surface area contributed by atoms with Gasteiger partial charge in [0, 0.05) is 9.86 Å². The second-order valence-corrected chi connectivity index (χ2v) is 8.58. The van der Waals surface area contributed by atoms with E-state index in [4.69, 9.17) is 4.74 Å². The number of benzene rings is 3. The molecule has 1 aliphatic rings. The van der Waals surface area contributed by atoms with Crippen LogP contribution >= 0.6 is 15.9 Å². The highest BCUT2D eigenvalue weighted by molar-refractivity contribution is 9.10. The second-order valence-electron chi connectivity index (χ2n) is 7.66. The van der Waals surface area contributed by atoms with Gasteiger partial charge < -0.3 is 4.74 Å². The van der Waals surface area contributed by atoms with Crippen molar-refractivity contribution in [2.24, 2.45) is 0 Å². The molecule has 162 valence electrons. The van der Waals surface area contributed by atoms with E-state index in [0.717, 1.165) is 14.9 Å². The number of anilines is 1. The Balaban J connectivity index is 1.39. The number of amides is 2. The number of esters is 1. The van der Waals surface area contributed by atoms with E-state index >= 15 is 0 Å². The fraction of sp³-hybridized carbons (Fsp3) is 0.0769. The molecule has 0 saturated carbocycles. The van der Waals surface area contributed by atoms with Crippen LogP contribution in [0.15, 0.2) is 77.3 Å². The minimum absolute atomic E-state index is 0.144. The van der Waals surface area contributed by atoms with Crippen LogP contribution in [0.25, 0.3) is 10.9 Å². The number of halogens is 1. The number of ether oxygens (including phenoxy) is 1. The summed E-state index contributed by atoms with van der Waals surface area (Å²) in [5.41, 5.74) is 3.44. The molecule has 1 aliphatic heterocycles. The molecule has 0 atom stereocenters. The Morgan fingerprint density at radius 2 is 1.58 bits per heavy atom. The number of para-hydroxylation sites is 1. The van der Waals surface area contributed by atoms with E-state index in [1.165, 1.54) is 0 Å². The van der Waals surface area contributed by atoms with Crippen LogP contribution in [0.4, 0.5) is 5.69 Å². The van der Waals surface area contributed by atoms with Crippen LogP contribution in [0.2, 0.25) is 0 Å². The van der Waals surface area contributed by atoms with Crippen LogP contribution in [0.1, 0.15) is 42.3 Å². The molecule has 3 aromatic carbocycles. The van der Waals surface area contributed by atoms with Crippen molar-refractivity contribution >= 4 is 50.3 Å². The summed E-state index contributed by atoms with van der Waals surface area (Å²) < 4.78 is 6.31. The van der Waals surface area contributed by atoms with E-state index < -0.39 is 17.8 Å². The Labute approximate surface area is 197 Å². The van der Waals surface area contributed by atoms with E-state index in [-0.39, 0.29) is 6.61 Å². The Morgan fingerprint density at radius 3 is 2.30 bits per heavy atom. The maximum Gasteiger partial charge on any atom is 0.338 e. The Morgan fingerprint density at radius 1 is 0.909 bits per heavy atom. The van der Waals surface area contributed by atoms with Gasteiger partial charge in [0.05, 0.1) is 33.6 Å². The predicted octanol–water partition coefficient (Wildman–Crippen LogP) is 5.46. The van der Waals surface area contributed by atoms with Gasteiger partial charge in [-0.2, -0.15) is 0 Å². The lowest BCUT2D eigenvalue weighted by Crippen LogP contribution is -2.29. The fourth-order valence-electron chi connectivity index (χ4n) is 3.93. The summed E-state index contributed by atoms with van der Waals surface area (Å²) in [5, 5.41) is 0.645. The number of aromatic nitrogens is 1. The molecule has 0 aliphatic carbocycles. The largest absolute Gasteiger partial charge is 0.457 e. The van der Waals surface area contributed by atoms with E-state index in [9.17, 15) is 14.4 Å². The highest BCUT2D eigenvalue weighted by Crippen LogP contribution is 2.34. The lowest BCUT2D eigenvalue weighted by atomic mass is 10.0. The molecule has 2 heterocycles. The molecular weight excluding hydrogens is 484 g/mol. The molecule has 7 heteroatoms. The number of imide groups is 1. The number of aryl methyl sites for hydroxylation is 1. The summed E-state index contributed by atoms with van der Waals surface area (Å²) in [4.78, 5) is 44.4. The van der Waals surface area contributed by atoms with Crippen molar-refractivity contribution in [2.45, 2.75) is 13.5 Å². The number of nitrogens with zero attached hydrogens (tertiary/aromatic N) is 2. The van der Waals surface area contributed by atoms with Gasteiger partial charge >= 0.3 is 5.97 Å². The van der Waals surface area contributed by atoms with Crippen LogP contribution < -0.4 is 4.90 Å². The molecule has 33 heavy (non-hydrogen) atoms. The van der Waals surface area contributed by atoms with Crippen molar-refractivity contribution in [3.8, 4) is 0 Å². The first-order chi connectivity index (χ1) is 15.9. The molecule has 0 fully saturated rings. The van der Waals surface area contributed by atoms with Gasteiger partial charge in [-0.05, 0) is 55.0 Å². The zero-order valence-electron chi connectivity index (χ0n) is 17.5.